The molecule has 6 heteroatoms. The molecule has 1 atom stereocenters. The predicted molar refractivity (Wildman–Crippen MR) is 66.8 cm³/mol. The van der Waals surface area contributed by atoms with Crippen LogP contribution in [0, 0.1) is 5.82 Å². The number of nitrogens with zero attached hydrogens (tertiary/aromatic N) is 2. The van der Waals surface area contributed by atoms with Crippen LogP contribution >= 0.6 is 0 Å². The topological polar surface area (TPSA) is 74.2 Å². The average Bonchev–Trinajstić information content (AvgIpc) is 3.02. The van der Waals surface area contributed by atoms with Crippen LogP contribution < -0.4 is 5.73 Å². The molecule has 2 N–H and O–H groups in total. The molecule has 0 radical (unpaired) electrons. The van der Waals surface area contributed by atoms with Crippen molar-refractivity contribution in [3.63, 3.8) is 0 Å². The van der Waals surface area contributed by atoms with E-state index < -0.39 is 5.82 Å². The monoisotopic (exact) mass is 263 g/mol. The van der Waals surface area contributed by atoms with Crippen molar-refractivity contribution in [2.45, 2.75) is 25.4 Å². The fourth-order valence-corrected chi connectivity index (χ4v) is 2.21. The van der Waals surface area contributed by atoms with Gasteiger partial charge in [-0.3, -0.25) is 0 Å². The number of ether oxygens (including phenoxy) is 1. The van der Waals surface area contributed by atoms with Gasteiger partial charge in [-0.15, -0.1) is 0 Å². The summed E-state index contributed by atoms with van der Waals surface area (Å²) in [5, 5.41) is 3.85. The van der Waals surface area contributed by atoms with E-state index >= 15 is 0 Å². The smallest absolute Gasteiger partial charge is 0.263 e. The van der Waals surface area contributed by atoms with Crippen LogP contribution in [0.1, 0.15) is 18.7 Å². The molecule has 1 unspecified atom stereocenters. The molecule has 100 valence electrons. The Morgan fingerprint density at radius 3 is 3.05 bits per heavy atom. The molecule has 0 saturated carbocycles. The normalized spacial score (nSPS) is 18.9. The second kappa shape index (κ2) is 4.97. The van der Waals surface area contributed by atoms with E-state index in [4.69, 9.17) is 15.0 Å². The maximum absolute atomic E-state index is 13.7. The van der Waals surface area contributed by atoms with Crippen LogP contribution in [0.4, 0.5) is 10.1 Å². The van der Waals surface area contributed by atoms with E-state index in [0.717, 1.165) is 19.4 Å². The van der Waals surface area contributed by atoms with Crippen LogP contribution in [-0.2, 0) is 11.2 Å². The Bertz CT molecular complexity index is 559. The molecule has 0 aliphatic carbocycles. The molecular formula is C13H14FN3O2. The summed E-state index contributed by atoms with van der Waals surface area (Å²) in [4.78, 5) is 4.19. The number of nitrogens with two attached hydrogens (primary N) is 1. The second-order valence-electron chi connectivity index (χ2n) is 4.56. The van der Waals surface area contributed by atoms with Gasteiger partial charge in [-0.25, -0.2) is 4.39 Å². The summed E-state index contributed by atoms with van der Waals surface area (Å²) in [6.45, 7) is 0.773. The Morgan fingerprint density at radius 2 is 2.32 bits per heavy atom. The highest BCUT2D eigenvalue weighted by atomic mass is 19.1. The Morgan fingerprint density at radius 1 is 1.42 bits per heavy atom. The first-order chi connectivity index (χ1) is 9.24. The van der Waals surface area contributed by atoms with E-state index in [0.29, 0.717) is 12.2 Å². The lowest BCUT2D eigenvalue weighted by atomic mass is 10.1. The highest BCUT2D eigenvalue weighted by molar-refractivity contribution is 5.70. The van der Waals surface area contributed by atoms with Gasteiger partial charge in [0.15, 0.2) is 5.82 Å². The minimum Gasteiger partial charge on any atom is -0.398 e. The Kier molecular flexibility index (Phi) is 3.16. The predicted octanol–water partition coefficient (Wildman–Crippen LogP) is 2.18. The number of benzene rings is 1. The second-order valence-corrected chi connectivity index (χ2v) is 4.56. The van der Waals surface area contributed by atoms with Gasteiger partial charge in [0.1, 0.15) is 5.82 Å². The molecule has 0 spiro atoms. The van der Waals surface area contributed by atoms with Gasteiger partial charge in [0.25, 0.3) is 5.89 Å². The fourth-order valence-electron chi connectivity index (χ4n) is 2.21. The standard InChI is InChI=1S/C13H14FN3O2/c14-9-4-1-5-10(15)12(9)13-16-11(17-19-13)7-8-3-2-6-18-8/h1,4-5,8H,2-3,6-7,15H2. The summed E-state index contributed by atoms with van der Waals surface area (Å²) in [6, 6.07) is 4.45. The van der Waals surface area contributed by atoms with E-state index in [2.05, 4.69) is 10.1 Å². The van der Waals surface area contributed by atoms with Crippen molar-refractivity contribution in [1.29, 1.82) is 0 Å². The number of halogens is 1. The number of anilines is 1. The largest absolute Gasteiger partial charge is 0.398 e. The summed E-state index contributed by atoms with van der Waals surface area (Å²) in [5.41, 5.74) is 6.18. The molecule has 2 heterocycles. The number of hydrogen-bond donors (Lipinski definition) is 1. The highest BCUT2D eigenvalue weighted by Crippen LogP contribution is 2.27. The van der Waals surface area contributed by atoms with Crippen LogP contribution in [-0.4, -0.2) is 22.9 Å². The highest BCUT2D eigenvalue weighted by Gasteiger charge is 2.21. The third kappa shape index (κ3) is 2.44. The van der Waals surface area contributed by atoms with Crippen molar-refractivity contribution in [2.24, 2.45) is 0 Å². The van der Waals surface area contributed by atoms with Crippen molar-refractivity contribution < 1.29 is 13.7 Å². The first kappa shape index (κ1) is 12.1. The Labute approximate surface area is 109 Å². The molecule has 19 heavy (non-hydrogen) atoms. The lowest BCUT2D eigenvalue weighted by Gasteiger charge is -2.04. The summed E-state index contributed by atoms with van der Waals surface area (Å²) < 4.78 is 24.3. The molecule has 0 amide bonds. The quantitative estimate of drug-likeness (QED) is 0.859. The lowest BCUT2D eigenvalue weighted by molar-refractivity contribution is 0.109. The zero-order chi connectivity index (χ0) is 13.2. The molecule has 1 saturated heterocycles. The minimum absolute atomic E-state index is 0.114. The third-order valence-corrected chi connectivity index (χ3v) is 3.16. The zero-order valence-electron chi connectivity index (χ0n) is 10.3. The Balaban J connectivity index is 1.84. The van der Waals surface area contributed by atoms with Crippen LogP contribution in [0.5, 0.6) is 0 Å². The summed E-state index contributed by atoms with van der Waals surface area (Å²) in [7, 11) is 0. The van der Waals surface area contributed by atoms with Crippen molar-refractivity contribution in [2.75, 3.05) is 12.3 Å². The van der Waals surface area contributed by atoms with Crippen molar-refractivity contribution >= 4 is 5.69 Å². The molecule has 1 aromatic heterocycles. The summed E-state index contributed by atoms with van der Waals surface area (Å²) in [5.74, 6) is 0.167. The van der Waals surface area contributed by atoms with Crippen LogP contribution in [0.15, 0.2) is 22.7 Å². The molecule has 1 aromatic carbocycles. The van der Waals surface area contributed by atoms with Gasteiger partial charge in [-0.05, 0) is 25.0 Å². The molecule has 1 fully saturated rings. The third-order valence-electron chi connectivity index (χ3n) is 3.16. The lowest BCUT2D eigenvalue weighted by Crippen LogP contribution is -2.09. The van der Waals surface area contributed by atoms with E-state index in [-0.39, 0.29) is 23.2 Å². The van der Waals surface area contributed by atoms with Crippen molar-refractivity contribution in [3.05, 3.63) is 29.8 Å². The summed E-state index contributed by atoms with van der Waals surface area (Å²) in [6.07, 6.45) is 2.75. The van der Waals surface area contributed by atoms with Crippen molar-refractivity contribution in [3.8, 4) is 11.5 Å². The molecule has 0 bridgehead atoms. The first-order valence-electron chi connectivity index (χ1n) is 6.22. The van der Waals surface area contributed by atoms with Gasteiger partial charge in [-0.1, -0.05) is 11.2 Å². The summed E-state index contributed by atoms with van der Waals surface area (Å²) >= 11 is 0. The Hall–Kier alpha value is -1.95. The van der Waals surface area contributed by atoms with Gasteiger partial charge in [0, 0.05) is 18.7 Å². The molecule has 3 rings (SSSR count). The number of rotatable bonds is 3. The van der Waals surface area contributed by atoms with Crippen LogP contribution in [0.2, 0.25) is 0 Å². The van der Waals surface area contributed by atoms with E-state index in [1.54, 1.807) is 6.07 Å². The SMILES string of the molecule is Nc1cccc(F)c1-c1nc(CC2CCCO2)no1. The molecule has 2 aromatic rings. The first-order valence-corrected chi connectivity index (χ1v) is 6.22. The van der Waals surface area contributed by atoms with Gasteiger partial charge in [-0.2, -0.15) is 4.98 Å². The molecular weight excluding hydrogens is 249 g/mol. The van der Waals surface area contributed by atoms with Crippen LogP contribution in [0.3, 0.4) is 0 Å². The zero-order valence-corrected chi connectivity index (χ0v) is 10.3. The van der Waals surface area contributed by atoms with Gasteiger partial charge in [0.2, 0.25) is 0 Å². The number of hydrogen-bond acceptors (Lipinski definition) is 5. The van der Waals surface area contributed by atoms with E-state index in [1.165, 1.54) is 12.1 Å². The fraction of sp³-hybridized carbons (Fsp3) is 0.385. The van der Waals surface area contributed by atoms with Gasteiger partial charge < -0.3 is 15.0 Å². The van der Waals surface area contributed by atoms with Gasteiger partial charge in [0.05, 0.1) is 11.7 Å². The molecule has 5 nitrogen and oxygen atoms in total. The van der Waals surface area contributed by atoms with E-state index in [1.807, 2.05) is 0 Å². The average molecular weight is 263 g/mol. The van der Waals surface area contributed by atoms with Gasteiger partial charge >= 0.3 is 0 Å². The van der Waals surface area contributed by atoms with Crippen molar-refractivity contribution in [1.82, 2.24) is 10.1 Å². The van der Waals surface area contributed by atoms with Crippen LogP contribution in [0.25, 0.3) is 11.5 Å². The number of aromatic nitrogens is 2. The maximum Gasteiger partial charge on any atom is 0.263 e. The molecule has 1 aliphatic rings. The minimum atomic E-state index is -0.465. The maximum atomic E-state index is 13.7. The molecule has 1 aliphatic heterocycles. The number of nitrogen functional groups attached to an aromatic ring is 1. The van der Waals surface area contributed by atoms with E-state index in [9.17, 15) is 4.39 Å².